The summed E-state index contributed by atoms with van der Waals surface area (Å²) in [7, 11) is 1.74. The maximum absolute atomic E-state index is 5.32. The fourth-order valence-corrected chi connectivity index (χ4v) is 2.09. The van der Waals surface area contributed by atoms with E-state index in [-0.39, 0.29) is 12.1 Å². The van der Waals surface area contributed by atoms with E-state index in [1.54, 1.807) is 19.5 Å². The lowest BCUT2D eigenvalue weighted by Crippen LogP contribution is -2.17. The van der Waals surface area contributed by atoms with Gasteiger partial charge in [0.25, 0.3) is 0 Å². The van der Waals surface area contributed by atoms with Crippen molar-refractivity contribution in [3.8, 4) is 0 Å². The minimum atomic E-state index is 0.211. The van der Waals surface area contributed by atoms with Gasteiger partial charge in [0.1, 0.15) is 0 Å². The Bertz CT molecular complexity index is 497. The second kappa shape index (κ2) is 3.80. The molecule has 3 rings (SSSR count). The smallest absolute Gasteiger partial charge is 0.179 e. The molecule has 0 unspecified atom stereocenters. The third-order valence-electron chi connectivity index (χ3n) is 2.98. The summed E-state index contributed by atoms with van der Waals surface area (Å²) in [6, 6.07) is 0.211. The second-order valence-electron chi connectivity index (χ2n) is 3.92. The van der Waals surface area contributed by atoms with E-state index in [0.29, 0.717) is 0 Å². The molecule has 0 amide bonds. The van der Waals surface area contributed by atoms with E-state index in [4.69, 9.17) is 4.74 Å². The van der Waals surface area contributed by atoms with Crippen LogP contribution in [0.15, 0.2) is 18.6 Å². The molecule has 6 heteroatoms. The molecule has 0 aliphatic carbocycles. The summed E-state index contributed by atoms with van der Waals surface area (Å²) in [5, 5.41) is 11.7. The maximum atomic E-state index is 5.32. The van der Waals surface area contributed by atoms with Crippen molar-refractivity contribution >= 4 is 5.65 Å². The minimum absolute atomic E-state index is 0.211. The molecular weight excluding hydrogens is 206 g/mol. The number of hydrogen-bond acceptors (Lipinski definition) is 5. The van der Waals surface area contributed by atoms with Gasteiger partial charge in [0.2, 0.25) is 0 Å². The summed E-state index contributed by atoms with van der Waals surface area (Å²) in [5.74, 6) is 0.928. The third kappa shape index (κ3) is 1.46. The van der Waals surface area contributed by atoms with Gasteiger partial charge in [0.05, 0.1) is 18.3 Å². The van der Waals surface area contributed by atoms with E-state index in [1.165, 1.54) is 0 Å². The molecule has 1 aliphatic heterocycles. The lowest BCUT2D eigenvalue weighted by Gasteiger charge is -2.07. The fourth-order valence-electron chi connectivity index (χ4n) is 2.09. The van der Waals surface area contributed by atoms with Gasteiger partial charge in [-0.1, -0.05) is 0 Å². The highest BCUT2D eigenvalue weighted by Gasteiger charge is 2.28. The van der Waals surface area contributed by atoms with Gasteiger partial charge in [0.15, 0.2) is 11.5 Å². The van der Waals surface area contributed by atoms with Crippen LogP contribution < -0.4 is 5.32 Å². The Kier molecular flexibility index (Phi) is 2.30. The van der Waals surface area contributed by atoms with Crippen LogP contribution in [0.3, 0.4) is 0 Å². The number of hydrogen-bond donors (Lipinski definition) is 1. The van der Waals surface area contributed by atoms with Crippen LogP contribution in [-0.2, 0) is 4.74 Å². The topological polar surface area (TPSA) is 64.3 Å². The Hall–Kier alpha value is -1.53. The fraction of sp³-hybridized carbons (Fsp3) is 0.500. The molecule has 2 aromatic rings. The first-order chi connectivity index (χ1) is 7.88. The van der Waals surface area contributed by atoms with Gasteiger partial charge in [-0.3, -0.25) is 9.38 Å². The first kappa shape index (κ1) is 9.68. The average molecular weight is 219 g/mol. The molecule has 2 aromatic heterocycles. The molecule has 1 aliphatic rings. The summed E-state index contributed by atoms with van der Waals surface area (Å²) in [4.78, 5) is 4.02. The number of ether oxygens (including phenoxy) is 1. The number of methoxy groups -OCH3 is 1. The molecule has 0 saturated carbocycles. The molecule has 0 spiro atoms. The van der Waals surface area contributed by atoms with E-state index in [0.717, 1.165) is 24.4 Å². The summed E-state index contributed by atoms with van der Waals surface area (Å²) in [6.07, 6.45) is 6.52. The van der Waals surface area contributed by atoms with Crippen LogP contribution in [0.2, 0.25) is 0 Å². The number of fused-ring (bicyclic) bond motifs is 1. The van der Waals surface area contributed by atoms with Crippen LogP contribution in [0.4, 0.5) is 0 Å². The first-order valence-electron chi connectivity index (χ1n) is 5.29. The monoisotopic (exact) mass is 219 g/mol. The summed E-state index contributed by atoms with van der Waals surface area (Å²) in [6.45, 7) is 0.862. The largest absolute Gasteiger partial charge is 0.380 e. The van der Waals surface area contributed by atoms with Crippen LogP contribution in [0.5, 0.6) is 0 Å². The number of nitrogens with zero attached hydrogens (tertiary/aromatic N) is 4. The number of nitrogens with one attached hydrogen (secondary N) is 1. The Morgan fingerprint density at radius 2 is 2.44 bits per heavy atom. The van der Waals surface area contributed by atoms with Gasteiger partial charge in [-0.15, -0.1) is 10.2 Å². The highest BCUT2D eigenvalue weighted by Crippen LogP contribution is 2.23. The molecule has 1 fully saturated rings. The van der Waals surface area contributed by atoms with Gasteiger partial charge in [-0.05, 0) is 6.42 Å². The third-order valence-corrected chi connectivity index (χ3v) is 2.98. The first-order valence-corrected chi connectivity index (χ1v) is 5.29. The van der Waals surface area contributed by atoms with E-state index >= 15 is 0 Å². The lowest BCUT2D eigenvalue weighted by atomic mass is 10.2. The van der Waals surface area contributed by atoms with Crippen LogP contribution in [-0.4, -0.2) is 39.3 Å². The Morgan fingerprint density at radius 3 is 3.25 bits per heavy atom. The zero-order chi connectivity index (χ0) is 11.0. The van der Waals surface area contributed by atoms with Crippen molar-refractivity contribution in [3.05, 3.63) is 24.4 Å². The van der Waals surface area contributed by atoms with Crippen molar-refractivity contribution in [2.45, 2.75) is 18.6 Å². The molecular formula is C10H13N5O. The van der Waals surface area contributed by atoms with Crippen molar-refractivity contribution < 1.29 is 4.74 Å². The van der Waals surface area contributed by atoms with Crippen molar-refractivity contribution in [3.63, 3.8) is 0 Å². The molecule has 0 radical (unpaired) electrons. The highest BCUT2D eigenvalue weighted by molar-refractivity contribution is 5.34. The number of rotatable bonds is 2. The molecule has 0 bridgehead atoms. The van der Waals surface area contributed by atoms with E-state index in [9.17, 15) is 0 Å². The van der Waals surface area contributed by atoms with Gasteiger partial charge in [0, 0.05) is 26.0 Å². The molecule has 6 nitrogen and oxygen atoms in total. The van der Waals surface area contributed by atoms with Crippen LogP contribution in [0, 0.1) is 0 Å². The summed E-state index contributed by atoms with van der Waals surface area (Å²) in [5.41, 5.74) is 0.778. The Morgan fingerprint density at radius 1 is 1.50 bits per heavy atom. The summed E-state index contributed by atoms with van der Waals surface area (Å²) < 4.78 is 7.28. The van der Waals surface area contributed by atoms with Crippen molar-refractivity contribution in [1.29, 1.82) is 0 Å². The molecule has 16 heavy (non-hydrogen) atoms. The zero-order valence-electron chi connectivity index (χ0n) is 9.00. The van der Waals surface area contributed by atoms with E-state index in [1.807, 2.05) is 10.6 Å². The molecule has 3 heterocycles. The molecule has 1 N–H and O–H groups in total. The molecule has 2 atom stereocenters. The second-order valence-corrected chi connectivity index (χ2v) is 3.92. The van der Waals surface area contributed by atoms with Crippen LogP contribution >= 0.6 is 0 Å². The number of aromatic nitrogens is 4. The lowest BCUT2D eigenvalue weighted by molar-refractivity contribution is 0.117. The van der Waals surface area contributed by atoms with Crippen molar-refractivity contribution in [2.24, 2.45) is 0 Å². The van der Waals surface area contributed by atoms with Crippen LogP contribution in [0.1, 0.15) is 18.3 Å². The van der Waals surface area contributed by atoms with Gasteiger partial charge in [-0.2, -0.15) is 0 Å². The highest BCUT2D eigenvalue weighted by atomic mass is 16.5. The van der Waals surface area contributed by atoms with Crippen LogP contribution in [0.25, 0.3) is 5.65 Å². The van der Waals surface area contributed by atoms with Gasteiger partial charge >= 0.3 is 0 Å². The molecule has 1 saturated heterocycles. The van der Waals surface area contributed by atoms with Gasteiger partial charge in [-0.25, -0.2) is 0 Å². The predicted molar refractivity (Wildman–Crippen MR) is 56.9 cm³/mol. The quantitative estimate of drug-likeness (QED) is 0.780. The van der Waals surface area contributed by atoms with E-state index < -0.39 is 0 Å². The molecule has 0 aromatic carbocycles. The van der Waals surface area contributed by atoms with Crippen molar-refractivity contribution in [1.82, 2.24) is 24.9 Å². The predicted octanol–water partition coefficient (Wildman–Crippen LogP) is 0.174. The standard InChI is InChI=1S/C10H13N5O/c1-16-7-4-8(12-5-7)10-14-13-9-6-11-2-3-15(9)10/h2-3,6-8,12H,4-5H2,1H3/t7-,8-/m0/s1. The summed E-state index contributed by atoms with van der Waals surface area (Å²) >= 11 is 0. The maximum Gasteiger partial charge on any atom is 0.179 e. The SMILES string of the molecule is CO[C@@H]1CN[C@H](c2nnc3cnccn23)C1. The van der Waals surface area contributed by atoms with Crippen molar-refractivity contribution in [2.75, 3.05) is 13.7 Å². The Balaban J connectivity index is 1.95. The Labute approximate surface area is 92.7 Å². The van der Waals surface area contributed by atoms with E-state index in [2.05, 4.69) is 20.5 Å². The average Bonchev–Trinajstić information content (AvgIpc) is 2.94. The zero-order valence-corrected chi connectivity index (χ0v) is 9.00. The minimum Gasteiger partial charge on any atom is -0.380 e. The van der Waals surface area contributed by atoms with Gasteiger partial charge < -0.3 is 10.1 Å². The normalized spacial score (nSPS) is 25.3. The molecule has 84 valence electrons.